The lowest BCUT2D eigenvalue weighted by Crippen LogP contribution is -2.05. The van der Waals surface area contributed by atoms with Gasteiger partial charge in [0, 0.05) is 16.6 Å². The summed E-state index contributed by atoms with van der Waals surface area (Å²) < 4.78 is 11.9. The van der Waals surface area contributed by atoms with Crippen LogP contribution in [0.5, 0.6) is 11.5 Å². The Labute approximate surface area is 122 Å². The van der Waals surface area contributed by atoms with Crippen LogP contribution in [0.4, 0.5) is 5.69 Å². The molecule has 0 aliphatic carbocycles. The first kappa shape index (κ1) is 15.2. The number of anilines is 1. The molecule has 0 aliphatic heterocycles. The molecule has 0 aromatic heterocycles. The smallest absolute Gasteiger partial charge is 0.163 e. The number of thiocarbonyl (C=S) groups is 1. The minimum atomic E-state index is 0.685. The fourth-order valence-corrected chi connectivity index (χ4v) is 1.95. The molecule has 5 heteroatoms. The highest BCUT2D eigenvalue weighted by Crippen LogP contribution is 2.36. The molecule has 0 saturated heterocycles. The van der Waals surface area contributed by atoms with Crippen LogP contribution in [0.3, 0.4) is 0 Å². The van der Waals surface area contributed by atoms with Crippen LogP contribution in [-0.2, 0) is 0 Å². The van der Waals surface area contributed by atoms with E-state index in [9.17, 15) is 0 Å². The lowest BCUT2D eigenvalue weighted by Gasteiger charge is -2.14. The van der Waals surface area contributed by atoms with E-state index in [2.05, 4.69) is 28.2 Å². The Bertz CT molecular complexity index is 424. The van der Waals surface area contributed by atoms with E-state index in [-0.39, 0.29) is 0 Å². The summed E-state index contributed by atoms with van der Waals surface area (Å²) in [5.74, 6) is 1.44. The van der Waals surface area contributed by atoms with Gasteiger partial charge < -0.3 is 14.8 Å². The van der Waals surface area contributed by atoms with Crippen molar-refractivity contribution in [2.45, 2.75) is 26.7 Å². The normalized spacial score (nSPS) is 10.0. The second-order valence-electron chi connectivity index (χ2n) is 3.87. The number of hydrogen-bond donors (Lipinski definition) is 1. The maximum Gasteiger partial charge on any atom is 0.163 e. The molecule has 0 amide bonds. The van der Waals surface area contributed by atoms with Crippen molar-refractivity contribution in [1.29, 1.82) is 0 Å². The summed E-state index contributed by atoms with van der Waals surface area (Å²) in [5.41, 5.74) is 0.884. The zero-order valence-corrected chi connectivity index (χ0v) is 13.3. The van der Waals surface area contributed by atoms with E-state index >= 15 is 0 Å². The van der Waals surface area contributed by atoms with Crippen molar-refractivity contribution in [2.24, 2.45) is 0 Å². The highest BCUT2D eigenvalue weighted by molar-refractivity contribution is 9.10. The predicted molar refractivity (Wildman–Crippen MR) is 83.0 cm³/mol. The molecule has 1 N–H and O–H groups in total. The Morgan fingerprint density at radius 1 is 1.39 bits per heavy atom. The van der Waals surface area contributed by atoms with Crippen LogP contribution >= 0.6 is 28.1 Å². The number of unbranched alkanes of at least 4 members (excludes halogenated alkanes) is 1. The number of methoxy groups -OCH3 is 1. The molecule has 1 aromatic rings. The third-order valence-electron chi connectivity index (χ3n) is 2.32. The molecule has 18 heavy (non-hydrogen) atoms. The van der Waals surface area contributed by atoms with E-state index in [4.69, 9.17) is 21.7 Å². The van der Waals surface area contributed by atoms with Gasteiger partial charge in [-0.3, -0.25) is 0 Å². The summed E-state index contributed by atoms with van der Waals surface area (Å²) in [6, 6.07) is 3.77. The summed E-state index contributed by atoms with van der Waals surface area (Å²) in [6.07, 6.45) is 2.12. The Balaban J connectivity index is 2.94. The molecular weight excluding hydrogens is 314 g/mol. The van der Waals surface area contributed by atoms with Gasteiger partial charge in [0.15, 0.2) is 11.5 Å². The predicted octanol–water partition coefficient (Wildman–Crippen LogP) is 4.40. The number of halogens is 1. The van der Waals surface area contributed by atoms with Crippen molar-refractivity contribution in [2.75, 3.05) is 19.0 Å². The number of ether oxygens (including phenoxy) is 2. The third kappa shape index (κ3) is 4.46. The van der Waals surface area contributed by atoms with Crippen LogP contribution in [0.25, 0.3) is 0 Å². The molecule has 0 saturated carbocycles. The number of benzene rings is 1. The van der Waals surface area contributed by atoms with Crippen LogP contribution in [0.1, 0.15) is 26.7 Å². The third-order valence-corrected chi connectivity index (χ3v) is 3.08. The SMILES string of the molecule is CCCCOc1cc(NC(C)=S)c(Br)cc1OC. The van der Waals surface area contributed by atoms with Gasteiger partial charge in [-0.25, -0.2) is 0 Å². The molecule has 0 radical (unpaired) electrons. The van der Waals surface area contributed by atoms with Crippen LogP contribution in [-0.4, -0.2) is 18.7 Å². The maximum atomic E-state index is 5.72. The Morgan fingerprint density at radius 2 is 2.11 bits per heavy atom. The first-order valence-electron chi connectivity index (χ1n) is 5.86. The Hall–Kier alpha value is -0.810. The maximum absolute atomic E-state index is 5.72. The average Bonchev–Trinajstić information content (AvgIpc) is 2.32. The highest BCUT2D eigenvalue weighted by atomic mass is 79.9. The fourth-order valence-electron chi connectivity index (χ4n) is 1.42. The average molecular weight is 332 g/mol. The van der Waals surface area contributed by atoms with Gasteiger partial charge in [-0.05, 0) is 29.3 Å². The summed E-state index contributed by atoms with van der Waals surface area (Å²) in [7, 11) is 1.63. The van der Waals surface area contributed by atoms with E-state index in [0.29, 0.717) is 17.3 Å². The molecule has 3 nitrogen and oxygen atoms in total. The summed E-state index contributed by atoms with van der Waals surface area (Å²) in [4.78, 5) is 0.709. The van der Waals surface area contributed by atoms with E-state index < -0.39 is 0 Å². The lowest BCUT2D eigenvalue weighted by molar-refractivity contribution is 0.288. The molecule has 1 rings (SSSR count). The van der Waals surface area contributed by atoms with Gasteiger partial charge in [0.25, 0.3) is 0 Å². The van der Waals surface area contributed by atoms with Crippen LogP contribution in [0.2, 0.25) is 0 Å². The van der Waals surface area contributed by atoms with Gasteiger partial charge in [0.2, 0.25) is 0 Å². The molecule has 0 unspecified atom stereocenters. The van der Waals surface area contributed by atoms with Gasteiger partial charge in [-0.1, -0.05) is 25.6 Å². The number of hydrogen-bond acceptors (Lipinski definition) is 3. The van der Waals surface area contributed by atoms with Crippen molar-refractivity contribution in [3.8, 4) is 11.5 Å². The van der Waals surface area contributed by atoms with Gasteiger partial charge >= 0.3 is 0 Å². The summed E-state index contributed by atoms with van der Waals surface area (Å²) in [5, 5.41) is 3.10. The Kier molecular flexibility index (Phi) is 6.43. The molecule has 1 aromatic carbocycles. The minimum absolute atomic E-state index is 0.685. The molecule has 0 atom stereocenters. The molecule has 0 aliphatic rings. The molecule has 0 bridgehead atoms. The lowest BCUT2D eigenvalue weighted by atomic mass is 10.2. The second-order valence-corrected chi connectivity index (χ2v) is 5.33. The van der Waals surface area contributed by atoms with E-state index in [1.54, 1.807) is 7.11 Å². The zero-order valence-electron chi connectivity index (χ0n) is 10.9. The molecular formula is C13H18BrNO2S. The van der Waals surface area contributed by atoms with Gasteiger partial charge in [-0.2, -0.15) is 0 Å². The first-order valence-corrected chi connectivity index (χ1v) is 7.06. The van der Waals surface area contributed by atoms with Crippen LogP contribution in [0, 0.1) is 0 Å². The summed E-state index contributed by atoms with van der Waals surface area (Å²) in [6.45, 7) is 4.65. The topological polar surface area (TPSA) is 30.5 Å². The monoisotopic (exact) mass is 331 g/mol. The standard InChI is InChI=1S/C13H18BrNO2S/c1-4-5-6-17-13-8-11(15-9(2)18)10(14)7-12(13)16-3/h7-8H,4-6H2,1-3H3,(H,15,18). The van der Waals surface area contributed by atoms with Gasteiger partial charge in [-0.15, -0.1) is 0 Å². The molecule has 0 spiro atoms. The largest absolute Gasteiger partial charge is 0.493 e. The van der Waals surface area contributed by atoms with Crippen LogP contribution < -0.4 is 14.8 Å². The first-order chi connectivity index (χ1) is 8.58. The quantitative estimate of drug-likeness (QED) is 0.618. The van der Waals surface area contributed by atoms with Gasteiger partial charge in [0.1, 0.15) is 0 Å². The zero-order chi connectivity index (χ0) is 13.5. The number of rotatable bonds is 6. The van der Waals surface area contributed by atoms with Crippen molar-refractivity contribution in [1.82, 2.24) is 0 Å². The second kappa shape index (κ2) is 7.59. The molecule has 0 heterocycles. The summed E-state index contributed by atoms with van der Waals surface area (Å²) >= 11 is 8.52. The van der Waals surface area contributed by atoms with E-state index in [0.717, 1.165) is 28.8 Å². The molecule has 100 valence electrons. The minimum Gasteiger partial charge on any atom is -0.493 e. The van der Waals surface area contributed by atoms with Gasteiger partial charge in [0.05, 0.1) is 24.4 Å². The van der Waals surface area contributed by atoms with Crippen molar-refractivity contribution in [3.63, 3.8) is 0 Å². The fraction of sp³-hybridized carbons (Fsp3) is 0.462. The van der Waals surface area contributed by atoms with Crippen molar-refractivity contribution in [3.05, 3.63) is 16.6 Å². The van der Waals surface area contributed by atoms with E-state index in [1.165, 1.54) is 0 Å². The highest BCUT2D eigenvalue weighted by Gasteiger charge is 2.10. The Morgan fingerprint density at radius 3 is 2.67 bits per heavy atom. The van der Waals surface area contributed by atoms with Crippen molar-refractivity contribution >= 4 is 38.8 Å². The molecule has 0 fully saturated rings. The van der Waals surface area contributed by atoms with E-state index in [1.807, 2.05) is 19.1 Å². The van der Waals surface area contributed by atoms with Crippen molar-refractivity contribution < 1.29 is 9.47 Å². The number of nitrogens with one attached hydrogen (secondary N) is 1. The van der Waals surface area contributed by atoms with Crippen LogP contribution in [0.15, 0.2) is 16.6 Å².